The molecule has 0 bridgehead atoms. The van der Waals surface area contributed by atoms with Crippen LogP contribution in [0.5, 0.6) is 0 Å². The lowest BCUT2D eigenvalue weighted by atomic mass is 9.79. The van der Waals surface area contributed by atoms with Gasteiger partial charge in [0.1, 0.15) is 5.58 Å². The lowest BCUT2D eigenvalue weighted by Gasteiger charge is -2.29. The number of aliphatic hydroxyl groups is 1. The highest BCUT2D eigenvalue weighted by Crippen LogP contribution is 2.40. The normalized spacial score (nSPS) is 19.0. The molecule has 0 spiro atoms. The largest absolute Gasteiger partial charge is 0.464 e. The van der Waals surface area contributed by atoms with Crippen LogP contribution in [0.15, 0.2) is 34.9 Å². The summed E-state index contributed by atoms with van der Waals surface area (Å²) in [5, 5.41) is 11.2. The average molecular weight is 202 g/mol. The van der Waals surface area contributed by atoms with Crippen molar-refractivity contribution < 1.29 is 9.52 Å². The van der Waals surface area contributed by atoms with E-state index in [1.807, 2.05) is 24.3 Å². The second kappa shape index (κ2) is 3.38. The van der Waals surface area contributed by atoms with Crippen LogP contribution in [0, 0.1) is 5.92 Å². The van der Waals surface area contributed by atoms with Gasteiger partial charge in [-0.1, -0.05) is 24.6 Å². The lowest BCUT2D eigenvalue weighted by molar-refractivity contribution is 0.0626. The van der Waals surface area contributed by atoms with E-state index in [-0.39, 0.29) is 6.10 Å². The fraction of sp³-hybridized carbons (Fsp3) is 0.385. The van der Waals surface area contributed by atoms with E-state index in [2.05, 4.69) is 0 Å². The van der Waals surface area contributed by atoms with Crippen molar-refractivity contribution in [2.24, 2.45) is 5.92 Å². The van der Waals surface area contributed by atoms with E-state index in [1.165, 1.54) is 6.42 Å². The van der Waals surface area contributed by atoms with Crippen molar-refractivity contribution in [2.45, 2.75) is 25.4 Å². The second-order valence-corrected chi connectivity index (χ2v) is 4.32. The molecule has 15 heavy (non-hydrogen) atoms. The summed E-state index contributed by atoms with van der Waals surface area (Å²) in [4.78, 5) is 0. The summed E-state index contributed by atoms with van der Waals surface area (Å²) in [6, 6.07) is 7.88. The standard InChI is InChI=1S/C13H14O2/c14-13(9-4-3-5-9)11-8-15-12-7-2-1-6-10(11)12/h1-2,6-9,13-14H,3-5H2. The Morgan fingerprint density at radius 1 is 1.27 bits per heavy atom. The molecule has 1 aromatic heterocycles. The Kier molecular flexibility index (Phi) is 2.03. The van der Waals surface area contributed by atoms with Crippen LogP contribution in [-0.2, 0) is 0 Å². The molecule has 1 aliphatic carbocycles. The van der Waals surface area contributed by atoms with Gasteiger partial charge in [0.25, 0.3) is 0 Å². The molecular formula is C13H14O2. The van der Waals surface area contributed by atoms with Crippen molar-refractivity contribution >= 4 is 11.0 Å². The smallest absolute Gasteiger partial charge is 0.134 e. The predicted molar refractivity (Wildman–Crippen MR) is 58.5 cm³/mol. The van der Waals surface area contributed by atoms with E-state index in [0.717, 1.165) is 29.4 Å². The molecule has 0 aliphatic heterocycles. The van der Waals surface area contributed by atoms with Gasteiger partial charge in [-0.2, -0.15) is 0 Å². The first-order valence-electron chi connectivity index (χ1n) is 5.50. The summed E-state index contributed by atoms with van der Waals surface area (Å²) in [6.45, 7) is 0. The first kappa shape index (κ1) is 8.98. The van der Waals surface area contributed by atoms with E-state index in [9.17, 15) is 5.11 Å². The summed E-state index contributed by atoms with van der Waals surface area (Å²) in [7, 11) is 0. The van der Waals surface area contributed by atoms with E-state index in [0.29, 0.717) is 5.92 Å². The van der Waals surface area contributed by atoms with Crippen LogP contribution in [0.25, 0.3) is 11.0 Å². The van der Waals surface area contributed by atoms with Crippen LogP contribution in [0.1, 0.15) is 30.9 Å². The summed E-state index contributed by atoms with van der Waals surface area (Å²) in [5.41, 5.74) is 1.82. The predicted octanol–water partition coefficient (Wildman–Crippen LogP) is 3.27. The molecular weight excluding hydrogens is 188 g/mol. The molecule has 2 heteroatoms. The van der Waals surface area contributed by atoms with Gasteiger partial charge in [-0.3, -0.25) is 0 Å². The highest BCUT2D eigenvalue weighted by Gasteiger charge is 2.28. The molecule has 0 saturated heterocycles. The molecule has 2 nitrogen and oxygen atoms in total. The van der Waals surface area contributed by atoms with Crippen LogP contribution in [-0.4, -0.2) is 5.11 Å². The molecule has 1 aromatic carbocycles. The maximum absolute atomic E-state index is 10.2. The molecule has 1 atom stereocenters. The zero-order chi connectivity index (χ0) is 10.3. The van der Waals surface area contributed by atoms with Crippen LogP contribution in [0.3, 0.4) is 0 Å². The fourth-order valence-corrected chi connectivity index (χ4v) is 2.24. The monoisotopic (exact) mass is 202 g/mol. The van der Waals surface area contributed by atoms with E-state index in [1.54, 1.807) is 6.26 Å². The Morgan fingerprint density at radius 3 is 2.80 bits per heavy atom. The zero-order valence-corrected chi connectivity index (χ0v) is 8.52. The van der Waals surface area contributed by atoms with Gasteiger partial charge in [0.15, 0.2) is 0 Å². The van der Waals surface area contributed by atoms with Gasteiger partial charge >= 0.3 is 0 Å². The second-order valence-electron chi connectivity index (χ2n) is 4.32. The number of hydrogen-bond donors (Lipinski definition) is 1. The number of rotatable bonds is 2. The van der Waals surface area contributed by atoms with Crippen LogP contribution >= 0.6 is 0 Å². The molecule has 2 aromatic rings. The first-order chi connectivity index (χ1) is 7.36. The maximum atomic E-state index is 10.2. The SMILES string of the molecule is OC(c1coc2ccccc12)C1CCC1. The molecule has 0 amide bonds. The highest BCUT2D eigenvalue weighted by molar-refractivity contribution is 5.81. The van der Waals surface area contributed by atoms with Crippen molar-refractivity contribution in [2.75, 3.05) is 0 Å². The minimum absolute atomic E-state index is 0.345. The molecule has 1 saturated carbocycles. The Bertz CT molecular complexity index is 468. The quantitative estimate of drug-likeness (QED) is 0.810. The summed E-state index contributed by atoms with van der Waals surface area (Å²) in [5.74, 6) is 0.436. The van der Waals surface area contributed by atoms with Gasteiger partial charge in [0.05, 0.1) is 12.4 Å². The number of hydrogen-bond acceptors (Lipinski definition) is 2. The molecule has 1 N–H and O–H groups in total. The highest BCUT2D eigenvalue weighted by atomic mass is 16.3. The molecule has 1 heterocycles. The molecule has 1 aliphatic rings. The van der Waals surface area contributed by atoms with Gasteiger partial charge in [-0.15, -0.1) is 0 Å². The van der Waals surface area contributed by atoms with Crippen molar-refractivity contribution in [3.63, 3.8) is 0 Å². The lowest BCUT2D eigenvalue weighted by Crippen LogP contribution is -2.19. The Balaban J connectivity index is 2.02. The van der Waals surface area contributed by atoms with Crippen LogP contribution in [0.2, 0.25) is 0 Å². The van der Waals surface area contributed by atoms with E-state index in [4.69, 9.17) is 4.42 Å². The molecule has 0 radical (unpaired) electrons. The third-order valence-corrected chi connectivity index (χ3v) is 3.43. The molecule has 78 valence electrons. The zero-order valence-electron chi connectivity index (χ0n) is 8.52. The Hall–Kier alpha value is -1.28. The minimum Gasteiger partial charge on any atom is -0.464 e. The third kappa shape index (κ3) is 1.37. The summed E-state index contributed by atoms with van der Waals surface area (Å²) >= 11 is 0. The Morgan fingerprint density at radius 2 is 2.07 bits per heavy atom. The maximum Gasteiger partial charge on any atom is 0.134 e. The summed E-state index contributed by atoms with van der Waals surface area (Å²) < 4.78 is 5.43. The van der Waals surface area contributed by atoms with Crippen molar-refractivity contribution in [3.05, 3.63) is 36.1 Å². The molecule has 1 unspecified atom stereocenters. The van der Waals surface area contributed by atoms with Gasteiger partial charge < -0.3 is 9.52 Å². The van der Waals surface area contributed by atoms with Crippen LogP contribution in [0.4, 0.5) is 0 Å². The van der Waals surface area contributed by atoms with Crippen molar-refractivity contribution in [3.8, 4) is 0 Å². The number of para-hydroxylation sites is 1. The van der Waals surface area contributed by atoms with Gasteiger partial charge in [0.2, 0.25) is 0 Å². The number of furan rings is 1. The number of benzene rings is 1. The van der Waals surface area contributed by atoms with Crippen molar-refractivity contribution in [1.82, 2.24) is 0 Å². The van der Waals surface area contributed by atoms with E-state index < -0.39 is 0 Å². The number of fused-ring (bicyclic) bond motifs is 1. The minimum atomic E-state index is -0.345. The third-order valence-electron chi connectivity index (χ3n) is 3.43. The van der Waals surface area contributed by atoms with E-state index >= 15 is 0 Å². The average Bonchev–Trinajstić information content (AvgIpc) is 2.58. The van der Waals surface area contributed by atoms with Crippen molar-refractivity contribution in [1.29, 1.82) is 0 Å². The first-order valence-corrected chi connectivity index (χ1v) is 5.50. The Labute approximate surface area is 88.5 Å². The number of aliphatic hydroxyl groups excluding tert-OH is 1. The van der Waals surface area contributed by atoms with Gasteiger partial charge in [0, 0.05) is 10.9 Å². The van der Waals surface area contributed by atoms with Gasteiger partial charge in [-0.05, 0) is 24.8 Å². The van der Waals surface area contributed by atoms with Crippen LogP contribution < -0.4 is 0 Å². The molecule has 3 rings (SSSR count). The molecule has 1 fully saturated rings. The van der Waals surface area contributed by atoms with Gasteiger partial charge in [-0.25, -0.2) is 0 Å². The fourth-order valence-electron chi connectivity index (χ4n) is 2.24. The summed E-state index contributed by atoms with van der Waals surface area (Å²) in [6.07, 6.45) is 4.88. The topological polar surface area (TPSA) is 33.4 Å².